The Morgan fingerprint density at radius 3 is 2.50 bits per heavy atom. The SMILES string of the molecule is COc1ccc(C2NNCC2Oc2ccc(C(=O)O)cc2)c(O)c1. The van der Waals surface area contributed by atoms with Crippen molar-refractivity contribution in [1.29, 1.82) is 0 Å². The van der Waals surface area contributed by atoms with E-state index >= 15 is 0 Å². The zero-order valence-electron chi connectivity index (χ0n) is 13.0. The Hall–Kier alpha value is -2.77. The summed E-state index contributed by atoms with van der Waals surface area (Å²) in [5, 5.41) is 19.1. The van der Waals surface area contributed by atoms with E-state index in [1.165, 1.54) is 19.2 Å². The van der Waals surface area contributed by atoms with Crippen LogP contribution in [0.15, 0.2) is 42.5 Å². The highest BCUT2D eigenvalue weighted by Gasteiger charge is 2.32. The second-order valence-corrected chi connectivity index (χ2v) is 5.41. The van der Waals surface area contributed by atoms with Gasteiger partial charge in [-0.3, -0.25) is 5.43 Å². The minimum Gasteiger partial charge on any atom is -0.507 e. The lowest BCUT2D eigenvalue weighted by molar-refractivity contribution is 0.0697. The molecule has 0 aromatic heterocycles. The van der Waals surface area contributed by atoms with Crippen molar-refractivity contribution in [3.8, 4) is 17.2 Å². The summed E-state index contributed by atoms with van der Waals surface area (Å²) in [5.41, 5.74) is 6.99. The van der Waals surface area contributed by atoms with Crippen LogP contribution in [0.4, 0.5) is 0 Å². The van der Waals surface area contributed by atoms with E-state index < -0.39 is 5.97 Å². The highest BCUT2D eigenvalue weighted by molar-refractivity contribution is 5.87. The molecule has 0 amide bonds. The van der Waals surface area contributed by atoms with E-state index in [0.29, 0.717) is 23.6 Å². The van der Waals surface area contributed by atoms with Gasteiger partial charge in [0.25, 0.3) is 0 Å². The number of hydrogen-bond acceptors (Lipinski definition) is 6. The van der Waals surface area contributed by atoms with Crippen LogP contribution in [0.25, 0.3) is 0 Å². The third-order valence-electron chi connectivity index (χ3n) is 3.89. The second kappa shape index (κ2) is 6.77. The summed E-state index contributed by atoms with van der Waals surface area (Å²) in [6.07, 6.45) is -0.264. The molecule has 1 heterocycles. The Morgan fingerprint density at radius 1 is 1.17 bits per heavy atom. The molecule has 126 valence electrons. The van der Waals surface area contributed by atoms with Crippen LogP contribution in [0.1, 0.15) is 22.0 Å². The lowest BCUT2D eigenvalue weighted by atomic mass is 10.0. The van der Waals surface area contributed by atoms with Gasteiger partial charge in [-0.15, -0.1) is 0 Å². The number of carboxylic acid groups (broad SMARTS) is 1. The molecule has 4 N–H and O–H groups in total. The van der Waals surface area contributed by atoms with E-state index in [9.17, 15) is 9.90 Å². The quantitative estimate of drug-likeness (QED) is 0.662. The molecule has 1 aliphatic heterocycles. The normalized spacial score (nSPS) is 19.9. The third kappa shape index (κ3) is 3.27. The predicted molar refractivity (Wildman–Crippen MR) is 86.4 cm³/mol. The van der Waals surface area contributed by atoms with Crippen LogP contribution in [0.3, 0.4) is 0 Å². The average Bonchev–Trinajstić information content (AvgIpc) is 3.03. The maximum absolute atomic E-state index is 10.9. The van der Waals surface area contributed by atoms with Crippen molar-refractivity contribution in [2.75, 3.05) is 13.7 Å². The number of methoxy groups -OCH3 is 1. The first-order valence-electron chi connectivity index (χ1n) is 7.44. The highest BCUT2D eigenvalue weighted by Crippen LogP contribution is 2.32. The average molecular weight is 330 g/mol. The highest BCUT2D eigenvalue weighted by atomic mass is 16.5. The number of benzene rings is 2. The van der Waals surface area contributed by atoms with Crippen molar-refractivity contribution in [3.05, 3.63) is 53.6 Å². The van der Waals surface area contributed by atoms with Crippen molar-refractivity contribution in [2.24, 2.45) is 0 Å². The third-order valence-corrected chi connectivity index (χ3v) is 3.89. The first-order valence-corrected chi connectivity index (χ1v) is 7.44. The van der Waals surface area contributed by atoms with E-state index in [1.807, 2.05) is 0 Å². The Bertz CT molecular complexity index is 732. The maximum atomic E-state index is 10.9. The molecule has 3 rings (SSSR count). The summed E-state index contributed by atoms with van der Waals surface area (Å²) in [5.74, 6) is 0.273. The van der Waals surface area contributed by atoms with Gasteiger partial charge in [0.2, 0.25) is 0 Å². The number of carbonyl (C=O) groups is 1. The van der Waals surface area contributed by atoms with Gasteiger partial charge in [-0.1, -0.05) is 0 Å². The Morgan fingerprint density at radius 2 is 1.88 bits per heavy atom. The summed E-state index contributed by atoms with van der Waals surface area (Å²) in [4.78, 5) is 10.9. The molecule has 0 spiro atoms. The molecule has 0 bridgehead atoms. The molecule has 0 radical (unpaired) electrons. The predicted octanol–water partition coefficient (Wildman–Crippen LogP) is 1.70. The van der Waals surface area contributed by atoms with Gasteiger partial charge in [0.05, 0.1) is 18.7 Å². The molecule has 2 aromatic carbocycles. The molecular weight excluding hydrogens is 312 g/mol. The molecule has 2 aromatic rings. The minimum atomic E-state index is -0.980. The van der Waals surface area contributed by atoms with Crippen LogP contribution in [0, 0.1) is 0 Å². The van der Waals surface area contributed by atoms with Crippen LogP contribution in [0.5, 0.6) is 17.2 Å². The fourth-order valence-electron chi connectivity index (χ4n) is 2.63. The molecule has 1 fully saturated rings. The smallest absolute Gasteiger partial charge is 0.335 e. The number of hydrogen-bond donors (Lipinski definition) is 4. The first kappa shape index (κ1) is 16.1. The number of rotatable bonds is 5. The monoisotopic (exact) mass is 330 g/mol. The van der Waals surface area contributed by atoms with E-state index in [0.717, 1.165) is 0 Å². The van der Waals surface area contributed by atoms with Gasteiger partial charge in [0, 0.05) is 18.2 Å². The van der Waals surface area contributed by atoms with Gasteiger partial charge in [0.1, 0.15) is 23.4 Å². The Kier molecular flexibility index (Phi) is 4.54. The van der Waals surface area contributed by atoms with Crippen LogP contribution < -0.4 is 20.3 Å². The van der Waals surface area contributed by atoms with Gasteiger partial charge in [-0.25, -0.2) is 10.2 Å². The van der Waals surface area contributed by atoms with E-state index in [2.05, 4.69) is 10.9 Å². The van der Waals surface area contributed by atoms with Crippen LogP contribution in [-0.4, -0.2) is 35.9 Å². The number of aromatic hydroxyl groups is 1. The lowest BCUT2D eigenvalue weighted by Crippen LogP contribution is -2.28. The summed E-state index contributed by atoms with van der Waals surface area (Å²) in [6, 6.07) is 11.1. The second-order valence-electron chi connectivity index (χ2n) is 5.41. The Balaban J connectivity index is 1.77. The van der Waals surface area contributed by atoms with Crippen LogP contribution in [0.2, 0.25) is 0 Å². The molecule has 0 saturated carbocycles. The standard InChI is InChI=1S/C17H18N2O5/c1-23-12-6-7-13(14(20)8-12)16-15(9-18-19-16)24-11-4-2-10(3-5-11)17(21)22/h2-8,15-16,18-20H,9H2,1H3,(H,21,22). The first-order chi connectivity index (χ1) is 11.6. The van der Waals surface area contributed by atoms with E-state index in [-0.39, 0.29) is 23.5 Å². The van der Waals surface area contributed by atoms with Gasteiger partial charge in [-0.2, -0.15) is 0 Å². The van der Waals surface area contributed by atoms with Crippen molar-refractivity contribution in [2.45, 2.75) is 12.1 Å². The molecule has 1 aliphatic rings. The Labute approximate surface area is 138 Å². The summed E-state index contributed by atoms with van der Waals surface area (Å²) >= 11 is 0. The van der Waals surface area contributed by atoms with Crippen molar-refractivity contribution in [1.82, 2.24) is 10.9 Å². The molecule has 0 aliphatic carbocycles. The molecule has 1 saturated heterocycles. The van der Waals surface area contributed by atoms with E-state index in [4.69, 9.17) is 14.6 Å². The van der Waals surface area contributed by atoms with Crippen molar-refractivity contribution >= 4 is 5.97 Å². The largest absolute Gasteiger partial charge is 0.507 e. The fourth-order valence-corrected chi connectivity index (χ4v) is 2.63. The molecule has 7 heteroatoms. The van der Waals surface area contributed by atoms with Crippen molar-refractivity contribution < 1.29 is 24.5 Å². The number of phenols is 1. The topological polar surface area (TPSA) is 100 Å². The molecule has 7 nitrogen and oxygen atoms in total. The van der Waals surface area contributed by atoms with Crippen LogP contribution in [-0.2, 0) is 0 Å². The van der Waals surface area contributed by atoms with E-state index in [1.54, 1.807) is 30.3 Å². The number of hydrazine groups is 1. The van der Waals surface area contributed by atoms with Gasteiger partial charge in [0.15, 0.2) is 0 Å². The van der Waals surface area contributed by atoms with Crippen LogP contribution >= 0.6 is 0 Å². The van der Waals surface area contributed by atoms with Gasteiger partial charge in [-0.05, 0) is 36.4 Å². The molecular formula is C17H18N2O5. The number of phenolic OH excluding ortho intramolecular Hbond substituents is 1. The fraction of sp³-hybridized carbons (Fsp3) is 0.235. The number of aromatic carboxylic acids is 1. The summed E-state index contributed by atoms with van der Waals surface area (Å²) in [6.45, 7) is 0.539. The zero-order valence-corrected chi connectivity index (χ0v) is 13.0. The number of ether oxygens (including phenoxy) is 2. The zero-order chi connectivity index (χ0) is 17.1. The minimum absolute atomic E-state index is 0.116. The van der Waals surface area contributed by atoms with Gasteiger partial charge < -0.3 is 19.7 Å². The molecule has 2 unspecified atom stereocenters. The lowest BCUT2D eigenvalue weighted by Gasteiger charge is -2.21. The number of carboxylic acids is 1. The summed E-state index contributed by atoms with van der Waals surface area (Å²) in [7, 11) is 1.54. The number of nitrogens with one attached hydrogen (secondary N) is 2. The summed E-state index contributed by atoms with van der Waals surface area (Å²) < 4.78 is 11.0. The molecule has 2 atom stereocenters. The van der Waals surface area contributed by atoms with Gasteiger partial charge >= 0.3 is 5.97 Å². The maximum Gasteiger partial charge on any atom is 0.335 e. The molecule has 24 heavy (non-hydrogen) atoms. The van der Waals surface area contributed by atoms with Crippen molar-refractivity contribution in [3.63, 3.8) is 0 Å².